The fourth-order valence-corrected chi connectivity index (χ4v) is 2.53. The van der Waals surface area contributed by atoms with Gasteiger partial charge in [0.05, 0.1) is 0 Å². The molecule has 1 aromatic heterocycles. The largest absolute Gasteiger partial charge is 0.367 e. The number of ether oxygens (including phenoxy) is 1. The first-order valence-corrected chi connectivity index (χ1v) is 7.96. The third-order valence-corrected chi connectivity index (χ3v) is 3.58. The molecule has 0 aliphatic carbocycles. The highest BCUT2D eigenvalue weighted by Gasteiger charge is 2.20. The summed E-state index contributed by atoms with van der Waals surface area (Å²) in [5, 5.41) is 2.81. The molecule has 5 heteroatoms. The van der Waals surface area contributed by atoms with Crippen molar-refractivity contribution in [1.82, 2.24) is 4.98 Å². The molecule has 0 spiro atoms. The molecule has 21 heavy (non-hydrogen) atoms. The minimum absolute atomic E-state index is 0.225. The van der Waals surface area contributed by atoms with Gasteiger partial charge in [0.1, 0.15) is 5.82 Å². The Kier molecular flexibility index (Phi) is 5.78. The minimum atomic E-state index is -0.641. The number of hydrogen-bond donors (Lipinski definition) is 1. The van der Waals surface area contributed by atoms with E-state index < -0.39 is 6.10 Å². The minimum Gasteiger partial charge on any atom is -0.367 e. The molecule has 0 bridgehead atoms. The number of anilines is 1. The molecule has 0 radical (unpaired) electrons. The molecule has 1 heterocycles. The van der Waals surface area contributed by atoms with E-state index in [0.29, 0.717) is 5.82 Å². The molecule has 1 aromatic carbocycles. The van der Waals surface area contributed by atoms with Gasteiger partial charge in [0.2, 0.25) is 0 Å². The Hall–Kier alpha value is -1.85. The maximum atomic E-state index is 12.3. The number of amides is 1. The van der Waals surface area contributed by atoms with Crippen molar-refractivity contribution in [2.24, 2.45) is 0 Å². The summed E-state index contributed by atoms with van der Waals surface area (Å²) >= 11 is 1.72. The van der Waals surface area contributed by atoms with Crippen LogP contribution in [0.2, 0.25) is 0 Å². The molecule has 0 aliphatic heterocycles. The van der Waals surface area contributed by atoms with Crippen LogP contribution in [-0.4, -0.2) is 24.3 Å². The number of pyridine rings is 1. The summed E-state index contributed by atoms with van der Waals surface area (Å²) in [6.07, 6.45) is 3.10. The van der Waals surface area contributed by atoms with Crippen LogP contribution in [0.25, 0.3) is 0 Å². The van der Waals surface area contributed by atoms with Crippen molar-refractivity contribution in [3.05, 3.63) is 59.8 Å². The summed E-state index contributed by atoms with van der Waals surface area (Å²) in [5.74, 6) is 1.21. The van der Waals surface area contributed by atoms with E-state index in [0.717, 1.165) is 16.9 Å². The number of benzene rings is 1. The van der Waals surface area contributed by atoms with E-state index >= 15 is 0 Å². The first kappa shape index (κ1) is 15.5. The SMILES string of the molecule is CO[C@@H](C(=O)Nc1cc(CSC)ccn1)c1ccccc1. The number of carbonyl (C=O) groups is 1. The number of carbonyl (C=O) groups excluding carboxylic acids is 1. The van der Waals surface area contributed by atoms with Gasteiger partial charge in [-0.15, -0.1) is 0 Å². The second kappa shape index (κ2) is 7.81. The van der Waals surface area contributed by atoms with Gasteiger partial charge in [-0.25, -0.2) is 4.98 Å². The van der Waals surface area contributed by atoms with Crippen molar-refractivity contribution < 1.29 is 9.53 Å². The summed E-state index contributed by atoms with van der Waals surface area (Å²) < 4.78 is 5.30. The maximum Gasteiger partial charge on any atom is 0.259 e. The van der Waals surface area contributed by atoms with Crippen LogP contribution in [-0.2, 0) is 15.3 Å². The Morgan fingerprint density at radius 2 is 2.10 bits per heavy atom. The molecule has 0 fully saturated rings. The second-order valence-electron chi connectivity index (χ2n) is 4.50. The van der Waals surface area contributed by atoms with E-state index in [9.17, 15) is 4.79 Å². The van der Waals surface area contributed by atoms with Gasteiger partial charge in [-0.3, -0.25) is 4.79 Å². The van der Waals surface area contributed by atoms with Crippen LogP contribution in [0.1, 0.15) is 17.2 Å². The van der Waals surface area contributed by atoms with Gasteiger partial charge in [0.15, 0.2) is 6.10 Å². The van der Waals surface area contributed by atoms with Crippen LogP contribution in [0.4, 0.5) is 5.82 Å². The zero-order chi connectivity index (χ0) is 15.1. The summed E-state index contributed by atoms with van der Waals surface area (Å²) in [4.78, 5) is 16.5. The molecule has 0 saturated carbocycles. The zero-order valence-corrected chi connectivity index (χ0v) is 12.9. The van der Waals surface area contributed by atoms with Gasteiger partial charge >= 0.3 is 0 Å². The van der Waals surface area contributed by atoms with Crippen molar-refractivity contribution in [2.75, 3.05) is 18.7 Å². The van der Waals surface area contributed by atoms with Gasteiger partial charge in [0.25, 0.3) is 5.91 Å². The third kappa shape index (κ3) is 4.31. The zero-order valence-electron chi connectivity index (χ0n) is 12.1. The highest BCUT2D eigenvalue weighted by Crippen LogP contribution is 2.19. The molecule has 4 nitrogen and oxygen atoms in total. The molecule has 110 valence electrons. The van der Waals surface area contributed by atoms with Crippen molar-refractivity contribution in [2.45, 2.75) is 11.9 Å². The highest BCUT2D eigenvalue weighted by atomic mass is 32.2. The van der Waals surface area contributed by atoms with Crippen LogP contribution in [0.15, 0.2) is 48.7 Å². The molecular weight excluding hydrogens is 284 g/mol. The lowest BCUT2D eigenvalue weighted by molar-refractivity contribution is -0.126. The van der Waals surface area contributed by atoms with E-state index in [1.54, 1.807) is 18.0 Å². The number of nitrogens with zero attached hydrogens (tertiary/aromatic N) is 1. The number of nitrogens with one attached hydrogen (secondary N) is 1. The third-order valence-electron chi connectivity index (χ3n) is 2.96. The molecule has 2 rings (SSSR count). The maximum absolute atomic E-state index is 12.3. The number of aromatic nitrogens is 1. The van der Waals surface area contributed by atoms with E-state index in [-0.39, 0.29) is 5.91 Å². The van der Waals surface area contributed by atoms with Gasteiger partial charge in [-0.1, -0.05) is 30.3 Å². The molecule has 1 atom stereocenters. The Morgan fingerprint density at radius 1 is 1.33 bits per heavy atom. The average Bonchev–Trinajstić information content (AvgIpc) is 2.50. The predicted molar refractivity (Wildman–Crippen MR) is 86.3 cm³/mol. The smallest absolute Gasteiger partial charge is 0.259 e. The second-order valence-corrected chi connectivity index (χ2v) is 5.36. The van der Waals surface area contributed by atoms with Gasteiger partial charge in [0, 0.05) is 19.1 Å². The Balaban J connectivity index is 2.11. The van der Waals surface area contributed by atoms with Gasteiger partial charge < -0.3 is 10.1 Å². The normalized spacial score (nSPS) is 11.9. The van der Waals surface area contributed by atoms with Crippen molar-refractivity contribution in [3.63, 3.8) is 0 Å². The summed E-state index contributed by atoms with van der Waals surface area (Å²) in [5.41, 5.74) is 1.94. The van der Waals surface area contributed by atoms with Crippen molar-refractivity contribution >= 4 is 23.5 Å². The van der Waals surface area contributed by atoms with Crippen LogP contribution < -0.4 is 5.32 Å². The standard InChI is InChI=1S/C16H18N2O2S/c1-20-15(13-6-4-3-5-7-13)16(19)18-14-10-12(11-21-2)8-9-17-14/h3-10,15H,11H2,1-2H3,(H,17,18,19)/t15-/m1/s1. The Bertz CT molecular complexity index is 590. The lowest BCUT2D eigenvalue weighted by Gasteiger charge is -2.15. The Labute approximate surface area is 128 Å². The van der Waals surface area contributed by atoms with Crippen molar-refractivity contribution in [3.8, 4) is 0 Å². The number of methoxy groups -OCH3 is 1. The fraction of sp³-hybridized carbons (Fsp3) is 0.250. The molecule has 0 saturated heterocycles. The van der Waals surface area contributed by atoms with Crippen LogP contribution in [0.5, 0.6) is 0 Å². The van der Waals surface area contributed by atoms with E-state index in [1.807, 2.05) is 48.7 Å². The molecule has 1 amide bonds. The lowest BCUT2D eigenvalue weighted by atomic mass is 10.1. The van der Waals surface area contributed by atoms with Crippen molar-refractivity contribution in [1.29, 1.82) is 0 Å². The lowest BCUT2D eigenvalue weighted by Crippen LogP contribution is -2.23. The van der Waals surface area contributed by atoms with Crippen LogP contribution >= 0.6 is 11.8 Å². The predicted octanol–water partition coefficient (Wildman–Crippen LogP) is 3.27. The number of rotatable bonds is 6. The summed E-state index contributed by atoms with van der Waals surface area (Å²) in [6.45, 7) is 0. The highest BCUT2D eigenvalue weighted by molar-refractivity contribution is 7.97. The van der Waals surface area contributed by atoms with E-state index in [2.05, 4.69) is 10.3 Å². The van der Waals surface area contributed by atoms with Gasteiger partial charge in [-0.2, -0.15) is 11.8 Å². The van der Waals surface area contributed by atoms with Crippen LogP contribution in [0.3, 0.4) is 0 Å². The molecule has 1 N–H and O–H groups in total. The fourth-order valence-electron chi connectivity index (χ4n) is 2.01. The number of hydrogen-bond acceptors (Lipinski definition) is 4. The summed E-state index contributed by atoms with van der Waals surface area (Å²) in [7, 11) is 1.52. The molecule has 0 aliphatic rings. The van der Waals surface area contributed by atoms with E-state index in [1.165, 1.54) is 7.11 Å². The number of thioether (sulfide) groups is 1. The first-order valence-electron chi connectivity index (χ1n) is 6.57. The molecule has 0 unspecified atom stereocenters. The topological polar surface area (TPSA) is 51.2 Å². The quantitative estimate of drug-likeness (QED) is 0.890. The monoisotopic (exact) mass is 302 g/mol. The molecule has 2 aromatic rings. The first-order chi connectivity index (χ1) is 10.2. The van der Waals surface area contributed by atoms with Crippen LogP contribution in [0, 0.1) is 0 Å². The van der Waals surface area contributed by atoms with E-state index in [4.69, 9.17) is 4.74 Å². The average molecular weight is 302 g/mol. The molecular formula is C16H18N2O2S. The summed E-state index contributed by atoms with van der Waals surface area (Å²) in [6, 6.07) is 13.2. The Morgan fingerprint density at radius 3 is 2.76 bits per heavy atom. The van der Waals surface area contributed by atoms with Gasteiger partial charge in [-0.05, 0) is 29.5 Å².